The summed E-state index contributed by atoms with van der Waals surface area (Å²) in [7, 11) is 0. The first-order valence-electron chi connectivity index (χ1n) is 8.09. The fraction of sp³-hybridized carbons (Fsp3) is 0.0455. The molecule has 3 aromatic carbocycles. The maximum absolute atomic E-state index is 4.78. The highest BCUT2D eigenvalue weighted by Gasteiger charge is 2.00. The molecule has 0 aliphatic carbocycles. The van der Waals surface area contributed by atoms with E-state index in [9.17, 15) is 0 Å². The van der Waals surface area contributed by atoms with Crippen LogP contribution in [0.1, 0.15) is 5.56 Å². The van der Waals surface area contributed by atoms with E-state index in [1.807, 2.05) is 42.5 Å². The Kier molecular flexibility index (Phi) is 6.98. The Morgan fingerprint density at radius 1 is 0.760 bits per heavy atom. The van der Waals surface area contributed by atoms with Gasteiger partial charge in [0.1, 0.15) is 5.04 Å². The van der Waals surface area contributed by atoms with Gasteiger partial charge in [0.15, 0.2) is 0 Å². The quantitative estimate of drug-likeness (QED) is 0.267. The normalized spacial score (nSPS) is 11.8. The molecule has 3 aromatic rings. The lowest BCUT2D eigenvalue weighted by Crippen LogP contribution is -1.86. The summed E-state index contributed by atoms with van der Waals surface area (Å²) in [6.45, 7) is 0. The van der Waals surface area contributed by atoms with Gasteiger partial charge in [-0.05, 0) is 41.3 Å². The van der Waals surface area contributed by atoms with E-state index in [4.69, 9.17) is 4.99 Å². The fourth-order valence-corrected chi connectivity index (χ4v) is 3.77. The summed E-state index contributed by atoms with van der Waals surface area (Å²) in [5.74, 6) is 0.964. The van der Waals surface area contributed by atoms with Crippen LogP contribution in [0.15, 0.2) is 112 Å². The highest BCUT2D eigenvalue weighted by atomic mass is 32.2. The Bertz CT molecular complexity index is 812. The molecule has 0 fully saturated rings. The second-order valence-corrected chi connectivity index (χ2v) is 7.29. The molecule has 3 rings (SSSR count). The number of para-hydroxylation sites is 1. The molecule has 0 amide bonds. The number of hydrogen-bond acceptors (Lipinski definition) is 3. The molecule has 0 aliphatic heterocycles. The molecule has 0 bridgehead atoms. The molecule has 0 aliphatic rings. The molecule has 0 unspecified atom stereocenters. The Morgan fingerprint density at radius 2 is 1.36 bits per heavy atom. The molecule has 0 saturated carbocycles. The van der Waals surface area contributed by atoms with Crippen LogP contribution in [0.25, 0.3) is 0 Å². The van der Waals surface area contributed by atoms with Crippen molar-refractivity contribution >= 4 is 34.3 Å². The van der Waals surface area contributed by atoms with Crippen molar-refractivity contribution in [1.29, 1.82) is 0 Å². The number of nitrogens with zero attached hydrogens (tertiary/aromatic N) is 1. The summed E-state index contributed by atoms with van der Waals surface area (Å²) in [5, 5.41) is 3.11. The average Bonchev–Trinajstić information content (AvgIpc) is 2.67. The summed E-state index contributed by atoms with van der Waals surface area (Å²) < 4.78 is 0. The number of aliphatic imine (C=N–C) groups is 1. The van der Waals surface area contributed by atoms with Gasteiger partial charge in [-0.2, -0.15) is 0 Å². The first kappa shape index (κ1) is 17.6. The zero-order chi connectivity index (χ0) is 17.2. The second kappa shape index (κ2) is 9.92. The first-order valence-corrected chi connectivity index (χ1v) is 9.95. The summed E-state index contributed by atoms with van der Waals surface area (Å²) >= 11 is 3.46. The van der Waals surface area contributed by atoms with Crippen LogP contribution in [0.5, 0.6) is 0 Å². The third kappa shape index (κ3) is 6.29. The van der Waals surface area contributed by atoms with Crippen molar-refractivity contribution in [2.75, 3.05) is 0 Å². The predicted octanol–water partition coefficient (Wildman–Crippen LogP) is 6.96. The van der Waals surface area contributed by atoms with Crippen LogP contribution in [0.3, 0.4) is 0 Å². The van der Waals surface area contributed by atoms with E-state index >= 15 is 0 Å². The molecule has 124 valence electrons. The first-order chi connectivity index (χ1) is 12.4. The molecule has 0 radical (unpaired) electrons. The van der Waals surface area contributed by atoms with Crippen molar-refractivity contribution in [3.05, 3.63) is 108 Å². The van der Waals surface area contributed by atoms with E-state index in [1.165, 1.54) is 10.5 Å². The monoisotopic (exact) mass is 361 g/mol. The zero-order valence-electron chi connectivity index (χ0n) is 13.8. The van der Waals surface area contributed by atoms with Gasteiger partial charge in [-0.25, -0.2) is 4.99 Å². The summed E-state index contributed by atoms with van der Waals surface area (Å²) in [6.07, 6.45) is 2.10. The Morgan fingerprint density at radius 3 is 2.04 bits per heavy atom. The Labute approximate surface area is 157 Å². The molecule has 25 heavy (non-hydrogen) atoms. The molecular formula is C22H19NS2. The van der Waals surface area contributed by atoms with Gasteiger partial charge in [-0.1, -0.05) is 78.5 Å². The van der Waals surface area contributed by atoms with Gasteiger partial charge in [0.25, 0.3) is 0 Å². The molecule has 1 nitrogen and oxygen atoms in total. The zero-order valence-corrected chi connectivity index (χ0v) is 15.4. The standard InChI is InChI=1S/C22H19NS2/c1-4-10-19(11-5-1)18-24-17-16-22(23-20-12-6-2-7-13-20)25-21-14-8-3-9-15-21/h1-17H,18H2. The van der Waals surface area contributed by atoms with Crippen molar-refractivity contribution in [2.45, 2.75) is 10.6 Å². The van der Waals surface area contributed by atoms with Crippen molar-refractivity contribution in [2.24, 2.45) is 4.99 Å². The van der Waals surface area contributed by atoms with Crippen molar-refractivity contribution < 1.29 is 0 Å². The van der Waals surface area contributed by atoms with Crippen LogP contribution in [0, 0.1) is 0 Å². The van der Waals surface area contributed by atoms with Crippen LogP contribution in [-0.2, 0) is 5.75 Å². The number of thioether (sulfide) groups is 2. The van der Waals surface area contributed by atoms with Crippen LogP contribution in [0.2, 0.25) is 0 Å². The van der Waals surface area contributed by atoms with Crippen LogP contribution in [0.4, 0.5) is 5.69 Å². The van der Waals surface area contributed by atoms with Crippen LogP contribution in [-0.4, -0.2) is 5.04 Å². The molecule has 0 spiro atoms. The lowest BCUT2D eigenvalue weighted by molar-refractivity contribution is 1.42. The summed E-state index contributed by atoms with van der Waals surface area (Å²) in [4.78, 5) is 5.97. The third-order valence-electron chi connectivity index (χ3n) is 3.36. The molecule has 3 heteroatoms. The van der Waals surface area contributed by atoms with Gasteiger partial charge in [-0.3, -0.25) is 0 Å². The number of hydrogen-bond donors (Lipinski definition) is 0. The largest absolute Gasteiger partial charge is 0.242 e. The minimum Gasteiger partial charge on any atom is -0.242 e. The topological polar surface area (TPSA) is 12.4 Å². The average molecular weight is 362 g/mol. The van der Waals surface area contributed by atoms with Crippen molar-refractivity contribution in [3.8, 4) is 0 Å². The maximum Gasteiger partial charge on any atom is 0.102 e. The van der Waals surface area contributed by atoms with E-state index in [0.717, 1.165) is 16.5 Å². The lowest BCUT2D eigenvalue weighted by Gasteiger charge is -2.03. The minimum absolute atomic E-state index is 0.964. The molecular weight excluding hydrogens is 342 g/mol. The second-order valence-electron chi connectivity index (χ2n) is 5.30. The van der Waals surface area contributed by atoms with E-state index < -0.39 is 0 Å². The SMILES string of the molecule is C(=CC(=Nc1ccccc1)Sc1ccccc1)SCc1ccccc1. The molecule has 0 aromatic heterocycles. The van der Waals surface area contributed by atoms with E-state index in [1.54, 1.807) is 23.5 Å². The van der Waals surface area contributed by atoms with Crippen LogP contribution >= 0.6 is 23.5 Å². The number of rotatable bonds is 6. The highest BCUT2D eigenvalue weighted by Crippen LogP contribution is 2.24. The van der Waals surface area contributed by atoms with Gasteiger partial charge in [0, 0.05) is 10.6 Å². The highest BCUT2D eigenvalue weighted by molar-refractivity contribution is 8.14. The Hall–Kier alpha value is -2.23. The molecule has 0 saturated heterocycles. The third-order valence-corrected chi connectivity index (χ3v) is 5.13. The van der Waals surface area contributed by atoms with E-state index in [0.29, 0.717) is 0 Å². The van der Waals surface area contributed by atoms with Crippen molar-refractivity contribution in [3.63, 3.8) is 0 Å². The smallest absolute Gasteiger partial charge is 0.102 e. The van der Waals surface area contributed by atoms with E-state index in [-0.39, 0.29) is 0 Å². The Balaban J connectivity index is 1.69. The van der Waals surface area contributed by atoms with Gasteiger partial charge >= 0.3 is 0 Å². The molecule has 0 heterocycles. The van der Waals surface area contributed by atoms with Gasteiger partial charge in [0.05, 0.1) is 5.69 Å². The molecule has 0 N–H and O–H groups in total. The van der Waals surface area contributed by atoms with Gasteiger partial charge < -0.3 is 0 Å². The van der Waals surface area contributed by atoms with Gasteiger partial charge in [-0.15, -0.1) is 11.8 Å². The number of benzene rings is 3. The minimum atomic E-state index is 0.964. The summed E-state index contributed by atoms with van der Waals surface area (Å²) in [5.41, 5.74) is 2.30. The van der Waals surface area contributed by atoms with Gasteiger partial charge in [0.2, 0.25) is 0 Å². The fourth-order valence-electron chi connectivity index (χ4n) is 2.16. The molecule has 0 atom stereocenters. The lowest BCUT2D eigenvalue weighted by atomic mass is 10.2. The van der Waals surface area contributed by atoms with E-state index in [2.05, 4.69) is 60.0 Å². The predicted molar refractivity (Wildman–Crippen MR) is 113 cm³/mol. The summed E-state index contributed by atoms with van der Waals surface area (Å²) in [6, 6.07) is 30.9. The maximum atomic E-state index is 4.78. The van der Waals surface area contributed by atoms with Crippen LogP contribution < -0.4 is 0 Å². The van der Waals surface area contributed by atoms with Crippen molar-refractivity contribution in [1.82, 2.24) is 0 Å².